The summed E-state index contributed by atoms with van der Waals surface area (Å²) < 4.78 is 0. The zero-order valence-corrected chi connectivity index (χ0v) is 18.5. The van der Waals surface area contributed by atoms with Gasteiger partial charge in [0, 0.05) is 12.6 Å². The first-order chi connectivity index (χ1) is 16.1. The molecular weight excluding hydrogens is 416 g/mol. The van der Waals surface area contributed by atoms with Crippen molar-refractivity contribution in [3.05, 3.63) is 78.2 Å². The lowest BCUT2D eigenvalue weighted by molar-refractivity contribution is -0.123. The van der Waals surface area contributed by atoms with Crippen molar-refractivity contribution in [1.82, 2.24) is 20.6 Å². The van der Waals surface area contributed by atoms with Crippen LogP contribution in [0, 0.1) is 5.92 Å². The Morgan fingerprint density at radius 2 is 1.67 bits per heavy atom. The molecule has 33 heavy (non-hydrogen) atoms. The Morgan fingerprint density at radius 1 is 1.00 bits per heavy atom. The second-order valence-corrected chi connectivity index (χ2v) is 8.70. The van der Waals surface area contributed by atoms with Crippen molar-refractivity contribution in [3.63, 3.8) is 0 Å². The number of imidazole rings is 1. The van der Waals surface area contributed by atoms with E-state index in [1.54, 1.807) is 6.20 Å². The molecule has 1 fully saturated rings. The molecule has 0 aliphatic heterocycles. The maximum Gasteiger partial charge on any atom is 0.404 e. The van der Waals surface area contributed by atoms with Crippen LogP contribution in [0.2, 0.25) is 0 Å². The Labute approximate surface area is 193 Å². The third-order valence-corrected chi connectivity index (χ3v) is 6.34. The molecule has 1 aliphatic rings. The van der Waals surface area contributed by atoms with E-state index in [9.17, 15) is 9.59 Å². The Kier molecular flexibility index (Phi) is 7.40. The monoisotopic (exact) mass is 446 g/mol. The van der Waals surface area contributed by atoms with E-state index in [-0.39, 0.29) is 11.9 Å². The molecule has 1 aromatic heterocycles. The zero-order valence-electron chi connectivity index (χ0n) is 18.5. The van der Waals surface area contributed by atoms with E-state index in [4.69, 9.17) is 5.11 Å². The molecule has 1 saturated carbocycles. The second-order valence-electron chi connectivity index (χ2n) is 8.70. The van der Waals surface area contributed by atoms with Gasteiger partial charge in [-0.3, -0.25) is 4.79 Å². The average molecular weight is 447 g/mol. The number of benzene rings is 2. The number of carboxylic acid groups (broad SMARTS) is 1. The first-order valence-corrected chi connectivity index (χ1v) is 11.5. The molecule has 0 spiro atoms. The Bertz CT molecular complexity index is 1040. The van der Waals surface area contributed by atoms with Crippen LogP contribution in [0.15, 0.2) is 66.9 Å². The van der Waals surface area contributed by atoms with Crippen molar-refractivity contribution < 1.29 is 14.7 Å². The topological polar surface area (TPSA) is 107 Å². The summed E-state index contributed by atoms with van der Waals surface area (Å²) in [6, 6.07) is 20.0. The summed E-state index contributed by atoms with van der Waals surface area (Å²) in [5.74, 6) is 0.540. The van der Waals surface area contributed by atoms with Gasteiger partial charge < -0.3 is 20.7 Å². The summed E-state index contributed by atoms with van der Waals surface area (Å²) in [4.78, 5) is 32.1. The van der Waals surface area contributed by atoms with E-state index >= 15 is 0 Å². The summed E-state index contributed by atoms with van der Waals surface area (Å²) in [5.41, 5.74) is 3.00. The van der Waals surface area contributed by atoms with Crippen molar-refractivity contribution in [2.24, 2.45) is 5.92 Å². The number of hydrogen-bond acceptors (Lipinski definition) is 3. The summed E-state index contributed by atoms with van der Waals surface area (Å²) in [7, 11) is 0. The number of aromatic amines is 1. The summed E-state index contributed by atoms with van der Waals surface area (Å²) in [6.45, 7) is 0.474. The van der Waals surface area contributed by atoms with Gasteiger partial charge in [0.1, 0.15) is 5.82 Å². The summed E-state index contributed by atoms with van der Waals surface area (Å²) in [6.07, 6.45) is 4.86. The fourth-order valence-corrected chi connectivity index (χ4v) is 4.49. The third kappa shape index (κ3) is 6.22. The lowest BCUT2D eigenvalue weighted by Gasteiger charge is -2.30. The van der Waals surface area contributed by atoms with Crippen LogP contribution >= 0.6 is 0 Å². The van der Waals surface area contributed by atoms with E-state index in [0.717, 1.165) is 42.5 Å². The number of nitrogens with one attached hydrogen (secondary N) is 3. The highest BCUT2D eigenvalue weighted by molar-refractivity contribution is 5.83. The Morgan fingerprint density at radius 3 is 2.33 bits per heavy atom. The maximum atomic E-state index is 13.4. The molecule has 3 aromatic rings. The zero-order chi connectivity index (χ0) is 23.0. The lowest BCUT2D eigenvalue weighted by Crippen LogP contribution is -2.42. The van der Waals surface area contributed by atoms with Gasteiger partial charge >= 0.3 is 6.09 Å². The molecule has 1 aliphatic carbocycles. The van der Waals surface area contributed by atoms with E-state index in [1.165, 1.54) is 0 Å². The standard InChI is InChI=1S/C26H30N4O3/c31-25(29-21-13-11-19(12-14-21)16-28-26(32)33)22(15-18-7-3-1-4-8-18)24-27-17-23(30-24)20-9-5-2-6-10-20/h1-10,17,19,21-22,28H,11-16H2,(H,27,30)(H,29,31)(H,32,33). The largest absolute Gasteiger partial charge is 0.465 e. The van der Waals surface area contributed by atoms with E-state index in [2.05, 4.69) is 20.6 Å². The Hall–Kier alpha value is -3.61. The molecule has 7 nitrogen and oxygen atoms in total. The molecule has 0 radical (unpaired) electrons. The number of amides is 2. The van der Waals surface area contributed by atoms with Crippen LogP contribution in [-0.4, -0.2) is 39.7 Å². The molecule has 1 heterocycles. The number of nitrogens with zero attached hydrogens (tertiary/aromatic N) is 1. The molecule has 4 rings (SSSR count). The summed E-state index contributed by atoms with van der Waals surface area (Å²) >= 11 is 0. The number of carbonyl (C=O) groups is 2. The quantitative estimate of drug-likeness (QED) is 0.413. The normalized spacial score (nSPS) is 18.9. The van der Waals surface area contributed by atoms with Gasteiger partial charge in [0.15, 0.2) is 0 Å². The van der Waals surface area contributed by atoms with Crippen LogP contribution in [0.3, 0.4) is 0 Å². The van der Waals surface area contributed by atoms with Crippen LogP contribution in [0.4, 0.5) is 4.79 Å². The van der Waals surface area contributed by atoms with Gasteiger partial charge in [-0.05, 0) is 49.1 Å². The number of rotatable bonds is 8. The van der Waals surface area contributed by atoms with Crippen molar-refractivity contribution in [2.45, 2.75) is 44.1 Å². The fourth-order valence-electron chi connectivity index (χ4n) is 4.49. The molecule has 172 valence electrons. The first kappa shape index (κ1) is 22.6. The van der Waals surface area contributed by atoms with Crippen LogP contribution in [0.25, 0.3) is 11.3 Å². The van der Waals surface area contributed by atoms with Crippen LogP contribution in [0.5, 0.6) is 0 Å². The van der Waals surface area contributed by atoms with Crippen LogP contribution < -0.4 is 10.6 Å². The van der Waals surface area contributed by atoms with E-state index < -0.39 is 12.0 Å². The number of H-pyrrole nitrogens is 1. The molecule has 2 amide bonds. The molecular formula is C26H30N4O3. The predicted octanol–water partition coefficient (Wildman–Crippen LogP) is 4.35. The lowest BCUT2D eigenvalue weighted by atomic mass is 9.85. The third-order valence-electron chi connectivity index (χ3n) is 6.34. The highest BCUT2D eigenvalue weighted by atomic mass is 16.4. The van der Waals surface area contributed by atoms with Crippen molar-refractivity contribution in [1.29, 1.82) is 0 Å². The molecule has 1 unspecified atom stereocenters. The highest BCUT2D eigenvalue weighted by Crippen LogP contribution is 2.27. The number of aromatic nitrogens is 2. The SMILES string of the molecule is O=C(O)NCC1CCC(NC(=O)C(Cc2ccccc2)c2ncc(-c3ccccc3)[nH]2)CC1. The molecule has 1 atom stereocenters. The fraction of sp³-hybridized carbons (Fsp3) is 0.346. The highest BCUT2D eigenvalue weighted by Gasteiger charge is 2.28. The van der Waals surface area contributed by atoms with E-state index in [1.807, 2.05) is 60.7 Å². The van der Waals surface area contributed by atoms with E-state index in [0.29, 0.717) is 24.7 Å². The molecule has 4 N–H and O–H groups in total. The van der Waals surface area contributed by atoms with Crippen molar-refractivity contribution >= 4 is 12.0 Å². The smallest absolute Gasteiger partial charge is 0.404 e. The molecule has 0 saturated heterocycles. The van der Waals surface area contributed by atoms with Gasteiger partial charge in [0.2, 0.25) is 5.91 Å². The van der Waals surface area contributed by atoms with Gasteiger partial charge in [-0.25, -0.2) is 9.78 Å². The second kappa shape index (κ2) is 10.8. The van der Waals surface area contributed by atoms with Gasteiger partial charge in [-0.1, -0.05) is 60.7 Å². The minimum absolute atomic E-state index is 0.0278. The van der Waals surface area contributed by atoms with Gasteiger partial charge in [-0.15, -0.1) is 0 Å². The molecule has 7 heteroatoms. The molecule has 0 bridgehead atoms. The van der Waals surface area contributed by atoms with Gasteiger partial charge in [0.05, 0.1) is 17.8 Å². The van der Waals surface area contributed by atoms with Crippen LogP contribution in [-0.2, 0) is 11.2 Å². The predicted molar refractivity (Wildman–Crippen MR) is 127 cm³/mol. The van der Waals surface area contributed by atoms with Crippen molar-refractivity contribution in [2.75, 3.05) is 6.54 Å². The Balaban J connectivity index is 1.44. The maximum absolute atomic E-state index is 13.4. The first-order valence-electron chi connectivity index (χ1n) is 11.5. The van der Waals surface area contributed by atoms with Crippen molar-refractivity contribution in [3.8, 4) is 11.3 Å². The van der Waals surface area contributed by atoms with Gasteiger partial charge in [-0.2, -0.15) is 0 Å². The average Bonchev–Trinajstić information content (AvgIpc) is 3.33. The minimum atomic E-state index is -0.984. The minimum Gasteiger partial charge on any atom is -0.465 e. The number of carbonyl (C=O) groups excluding carboxylic acids is 1. The van der Waals surface area contributed by atoms with Gasteiger partial charge in [0.25, 0.3) is 0 Å². The summed E-state index contributed by atoms with van der Waals surface area (Å²) in [5, 5.41) is 14.5. The number of hydrogen-bond donors (Lipinski definition) is 4. The molecule has 2 aromatic carbocycles. The van der Waals surface area contributed by atoms with Crippen LogP contribution in [0.1, 0.15) is 43.0 Å².